The van der Waals surface area contributed by atoms with E-state index >= 15 is 0 Å². The number of carboxylic acid groups (broad SMARTS) is 1. The summed E-state index contributed by atoms with van der Waals surface area (Å²) in [5.74, 6) is -3.63. The number of halogens is 3. The molecule has 0 aliphatic carbocycles. The van der Waals surface area contributed by atoms with Crippen LogP contribution in [0.3, 0.4) is 0 Å². The molecule has 13 heteroatoms. The Kier molecular flexibility index (Phi) is 13.3. The van der Waals surface area contributed by atoms with Gasteiger partial charge in [0.05, 0.1) is 0 Å². The van der Waals surface area contributed by atoms with E-state index in [4.69, 9.17) is 25.1 Å². The van der Waals surface area contributed by atoms with E-state index in [1.165, 1.54) is 0 Å². The number of rotatable bonds is 9. The Bertz CT molecular complexity index is 797. The zero-order chi connectivity index (χ0) is 26.4. The molecule has 1 atom stereocenters. The van der Waals surface area contributed by atoms with Crippen LogP contribution in [-0.2, 0) is 30.5 Å². The first kappa shape index (κ1) is 30.6. The maximum atomic E-state index is 12.2. The number of benzene rings is 1. The fourth-order valence-electron chi connectivity index (χ4n) is 2.15. The first-order chi connectivity index (χ1) is 15.7. The Morgan fingerprint density at radius 3 is 2.12 bits per heavy atom. The van der Waals surface area contributed by atoms with Crippen LogP contribution in [0.5, 0.6) is 0 Å². The van der Waals surface area contributed by atoms with Crippen LogP contribution in [0.25, 0.3) is 0 Å². The molecule has 0 saturated carbocycles. The lowest BCUT2D eigenvalue weighted by atomic mass is 10.1. The van der Waals surface area contributed by atoms with Crippen molar-refractivity contribution in [1.29, 1.82) is 0 Å². The van der Waals surface area contributed by atoms with Gasteiger partial charge in [-0.3, -0.25) is 9.59 Å². The predicted octanol–water partition coefficient (Wildman–Crippen LogP) is 2.11. The van der Waals surface area contributed by atoms with Crippen molar-refractivity contribution in [2.75, 3.05) is 13.1 Å². The summed E-state index contributed by atoms with van der Waals surface area (Å²) >= 11 is 0. The lowest BCUT2D eigenvalue weighted by Gasteiger charge is -2.21. The molecule has 2 amide bonds. The van der Waals surface area contributed by atoms with Crippen molar-refractivity contribution in [3.63, 3.8) is 0 Å². The van der Waals surface area contributed by atoms with Crippen molar-refractivity contribution >= 4 is 23.9 Å². The molecule has 1 aromatic rings. The van der Waals surface area contributed by atoms with Crippen molar-refractivity contribution in [3.05, 3.63) is 35.9 Å². The number of amides is 2. The van der Waals surface area contributed by atoms with Crippen LogP contribution in [0.1, 0.15) is 39.2 Å². The van der Waals surface area contributed by atoms with Gasteiger partial charge in [0, 0.05) is 19.5 Å². The highest BCUT2D eigenvalue weighted by Gasteiger charge is 2.38. The summed E-state index contributed by atoms with van der Waals surface area (Å²) in [5.41, 5.74) is 5.59. The fraction of sp³-hybridized carbons (Fsp3) is 0.524. The molecule has 10 nitrogen and oxygen atoms in total. The summed E-state index contributed by atoms with van der Waals surface area (Å²) in [5, 5.41) is 12.2. The van der Waals surface area contributed by atoms with E-state index in [2.05, 4.69) is 10.6 Å². The standard InChI is InChI=1S/C19H29N3O5.C2HF3O2/c1-19(2,3)27-16(23)10-9-15(17(24)21-12-11-20)22-18(25)26-13-14-7-5-4-6-8-14;3-2(4,5)1(6)7/h4-8,15H,9-13,20H2,1-3H3,(H,21,24)(H,22,25);(H,6,7)/t15-;/m1./s1. The smallest absolute Gasteiger partial charge is 0.475 e. The van der Waals surface area contributed by atoms with E-state index in [0.29, 0.717) is 0 Å². The topological polar surface area (TPSA) is 157 Å². The number of esters is 1. The number of nitrogens with one attached hydrogen (secondary N) is 2. The SMILES string of the molecule is CC(C)(C)OC(=O)CC[C@@H](NC(=O)OCc1ccccc1)C(=O)NCCN.O=C(O)C(F)(F)F. The third-order valence-electron chi connectivity index (χ3n) is 3.56. The van der Waals surface area contributed by atoms with Gasteiger partial charge in [0.2, 0.25) is 5.91 Å². The second-order valence-electron chi connectivity index (χ2n) is 7.77. The predicted molar refractivity (Wildman–Crippen MR) is 114 cm³/mol. The summed E-state index contributed by atoms with van der Waals surface area (Å²) < 4.78 is 42.1. The van der Waals surface area contributed by atoms with Gasteiger partial charge >= 0.3 is 24.2 Å². The minimum absolute atomic E-state index is 0.0169. The van der Waals surface area contributed by atoms with Crippen LogP contribution in [0.15, 0.2) is 30.3 Å². The molecule has 0 saturated heterocycles. The summed E-state index contributed by atoms with van der Waals surface area (Å²) in [6.45, 7) is 5.89. The Labute approximate surface area is 195 Å². The van der Waals surface area contributed by atoms with E-state index in [-0.39, 0.29) is 32.5 Å². The number of hydrogen-bond acceptors (Lipinski definition) is 7. The van der Waals surface area contributed by atoms with E-state index in [0.717, 1.165) is 5.56 Å². The van der Waals surface area contributed by atoms with Gasteiger partial charge in [-0.15, -0.1) is 0 Å². The number of ether oxygens (including phenoxy) is 2. The van der Waals surface area contributed by atoms with E-state index in [9.17, 15) is 27.6 Å². The second-order valence-corrected chi connectivity index (χ2v) is 7.77. The van der Waals surface area contributed by atoms with Gasteiger partial charge in [0.15, 0.2) is 0 Å². The van der Waals surface area contributed by atoms with Crippen molar-refractivity contribution < 1.29 is 46.9 Å². The van der Waals surface area contributed by atoms with Gasteiger partial charge in [-0.2, -0.15) is 13.2 Å². The molecule has 0 aliphatic heterocycles. The van der Waals surface area contributed by atoms with Gasteiger partial charge in [-0.05, 0) is 32.8 Å². The van der Waals surface area contributed by atoms with Crippen LogP contribution < -0.4 is 16.4 Å². The summed E-state index contributed by atoms with van der Waals surface area (Å²) in [4.78, 5) is 45.0. The number of alkyl carbamates (subject to hydrolysis) is 1. The number of carboxylic acids is 1. The Morgan fingerprint density at radius 1 is 1.09 bits per heavy atom. The van der Waals surface area contributed by atoms with E-state index in [1.54, 1.807) is 20.8 Å². The van der Waals surface area contributed by atoms with Crippen LogP contribution >= 0.6 is 0 Å². The van der Waals surface area contributed by atoms with Crippen molar-refractivity contribution in [1.82, 2.24) is 10.6 Å². The van der Waals surface area contributed by atoms with Crippen LogP contribution in [0.2, 0.25) is 0 Å². The summed E-state index contributed by atoms with van der Waals surface area (Å²) in [6.07, 6.45) is -5.75. The van der Waals surface area contributed by atoms with E-state index in [1.807, 2.05) is 30.3 Å². The first-order valence-corrected chi connectivity index (χ1v) is 10.1. The molecule has 1 aromatic carbocycles. The second kappa shape index (κ2) is 14.7. The lowest BCUT2D eigenvalue weighted by molar-refractivity contribution is -0.192. The number of carbonyl (C=O) groups is 4. The molecule has 0 radical (unpaired) electrons. The molecule has 0 aliphatic rings. The molecule has 0 spiro atoms. The van der Waals surface area contributed by atoms with E-state index < -0.39 is 41.8 Å². The minimum Gasteiger partial charge on any atom is -0.475 e. The van der Waals surface area contributed by atoms with Crippen molar-refractivity contribution in [3.8, 4) is 0 Å². The highest BCUT2D eigenvalue weighted by Crippen LogP contribution is 2.13. The number of carbonyl (C=O) groups excluding carboxylic acids is 3. The number of hydrogen-bond donors (Lipinski definition) is 4. The van der Waals surface area contributed by atoms with Gasteiger partial charge in [0.25, 0.3) is 0 Å². The molecule has 0 unspecified atom stereocenters. The quantitative estimate of drug-likeness (QED) is 0.381. The summed E-state index contributed by atoms with van der Waals surface area (Å²) in [7, 11) is 0. The lowest BCUT2D eigenvalue weighted by Crippen LogP contribution is -2.48. The molecule has 34 heavy (non-hydrogen) atoms. The zero-order valence-corrected chi connectivity index (χ0v) is 19.1. The maximum absolute atomic E-state index is 12.2. The minimum atomic E-state index is -5.08. The molecule has 1 rings (SSSR count). The Balaban J connectivity index is 0.00000135. The molecular weight excluding hydrogens is 463 g/mol. The monoisotopic (exact) mass is 493 g/mol. The normalized spacial score (nSPS) is 11.9. The molecule has 5 N–H and O–H groups in total. The number of aliphatic carboxylic acids is 1. The first-order valence-electron chi connectivity index (χ1n) is 10.1. The number of alkyl halides is 3. The van der Waals surface area contributed by atoms with Gasteiger partial charge < -0.3 is 30.9 Å². The van der Waals surface area contributed by atoms with Crippen LogP contribution in [-0.4, -0.2) is 60.0 Å². The molecule has 0 aromatic heterocycles. The van der Waals surface area contributed by atoms with Gasteiger partial charge in [0.1, 0.15) is 18.2 Å². The molecular formula is C21H30F3N3O7. The Hall–Kier alpha value is -3.35. The zero-order valence-electron chi connectivity index (χ0n) is 19.1. The van der Waals surface area contributed by atoms with Crippen LogP contribution in [0, 0.1) is 0 Å². The third-order valence-corrected chi connectivity index (χ3v) is 3.56. The molecule has 192 valence electrons. The largest absolute Gasteiger partial charge is 0.490 e. The Morgan fingerprint density at radius 2 is 1.65 bits per heavy atom. The van der Waals surface area contributed by atoms with Gasteiger partial charge in [-0.1, -0.05) is 30.3 Å². The molecule has 0 bridgehead atoms. The number of nitrogens with two attached hydrogens (primary N) is 1. The molecule has 0 fully saturated rings. The third kappa shape index (κ3) is 15.5. The highest BCUT2D eigenvalue weighted by atomic mass is 19.4. The van der Waals surface area contributed by atoms with Crippen molar-refractivity contribution in [2.24, 2.45) is 5.73 Å². The average molecular weight is 493 g/mol. The van der Waals surface area contributed by atoms with Crippen molar-refractivity contribution in [2.45, 2.75) is 58.0 Å². The maximum Gasteiger partial charge on any atom is 0.490 e. The molecule has 0 heterocycles. The highest BCUT2D eigenvalue weighted by molar-refractivity contribution is 5.86. The average Bonchev–Trinajstić information content (AvgIpc) is 2.72. The van der Waals surface area contributed by atoms with Crippen LogP contribution in [0.4, 0.5) is 18.0 Å². The summed E-state index contributed by atoms with van der Waals surface area (Å²) in [6, 6.07) is 8.24. The van der Waals surface area contributed by atoms with Gasteiger partial charge in [-0.25, -0.2) is 9.59 Å². The fourth-order valence-corrected chi connectivity index (χ4v) is 2.15.